The zero-order valence-electron chi connectivity index (χ0n) is 10.5. The highest BCUT2D eigenvalue weighted by atomic mass is 79.9. The first kappa shape index (κ1) is 13.5. The Hall–Kier alpha value is -1.89. The second-order valence-electron chi connectivity index (χ2n) is 3.97. The lowest BCUT2D eigenvalue weighted by atomic mass is 10.2. The summed E-state index contributed by atoms with van der Waals surface area (Å²) in [5.41, 5.74) is 1.26. The van der Waals surface area contributed by atoms with E-state index in [1.807, 2.05) is 0 Å². The largest absolute Gasteiger partial charge is 0.461 e. The average molecular weight is 326 g/mol. The molecule has 0 aliphatic heterocycles. The summed E-state index contributed by atoms with van der Waals surface area (Å²) in [6, 6.07) is 7.07. The fourth-order valence-electron chi connectivity index (χ4n) is 1.50. The number of ether oxygens (including phenoxy) is 1. The van der Waals surface area contributed by atoms with Crippen molar-refractivity contribution >= 4 is 21.9 Å². The second-order valence-corrected chi connectivity index (χ2v) is 4.68. The molecule has 0 aliphatic carbocycles. The number of benzene rings is 1. The van der Waals surface area contributed by atoms with Crippen molar-refractivity contribution in [3.8, 4) is 5.69 Å². The Morgan fingerprint density at radius 1 is 1.37 bits per heavy atom. The summed E-state index contributed by atoms with van der Waals surface area (Å²) in [6.45, 7) is 1.58. The van der Waals surface area contributed by atoms with Crippen LogP contribution in [-0.4, -0.2) is 20.3 Å². The van der Waals surface area contributed by atoms with E-state index in [0.29, 0.717) is 10.4 Å². The minimum Gasteiger partial charge on any atom is -0.461 e. The van der Waals surface area contributed by atoms with E-state index in [2.05, 4.69) is 21.0 Å². The van der Waals surface area contributed by atoms with Crippen LogP contribution in [0.1, 0.15) is 12.5 Å². The first-order valence-electron chi connectivity index (χ1n) is 5.53. The zero-order valence-corrected chi connectivity index (χ0v) is 12.0. The number of carbonyl (C=O) groups excluding carboxylic acids is 1. The van der Waals surface area contributed by atoms with Crippen LogP contribution >= 0.6 is 15.9 Å². The van der Waals surface area contributed by atoms with Gasteiger partial charge in [0.1, 0.15) is 6.61 Å². The maximum atomic E-state index is 11.9. The van der Waals surface area contributed by atoms with Gasteiger partial charge in [0, 0.05) is 14.0 Å². The van der Waals surface area contributed by atoms with Gasteiger partial charge in [-0.3, -0.25) is 9.36 Å². The number of hydrogen-bond donors (Lipinski definition) is 0. The predicted molar refractivity (Wildman–Crippen MR) is 72.0 cm³/mol. The summed E-state index contributed by atoms with van der Waals surface area (Å²) in [7, 11) is 1.63. The molecule has 0 saturated carbocycles. The van der Waals surface area contributed by atoms with Crippen LogP contribution in [0.4, 0.5) is 0 Å². The Balaban J connectivity index is 2.25. The number of esters is 1. The van der Waals surface area contributed by atoms with Gasteiger partial charge >= 0.3 is 11.7 Å². The fraction of sp³-hybridized carbons (Fsp3) is 0.250. The molecule has 2 rings (SSSR count). The van der Waals surface area contributed by atoms with E-state index >= 15 is 0 Å². The smallest absolute Gasteiger partial charge is 0.351 e. The molecular formula is C12H12BrN3O3. The number of halogens is 1. The van der Waals surface area contributed by atoms with Gasteiger partial charge in [-0.2, -0.15) is 4.68 Å². The van der Waals surface area contributed by atoms with Crippen molar-refractivity contribution in [1.29, 1.82) is 0 Å². The molecule has 0 radical (unpaired) electrons. The van der Waals surface area contributed by atoms with Gasteiger partial charge in [-0.05, 0) is 33.6 Å². The Labute approximate surface area is 117 Å². The number of carbonyl (C=O) groups is 1. The van der Waals surface area contributed by atoms with Crippen LogP contribution in [0.15, 0.2) is 33.8 Å². The number of aromatic nitrogens is 3. The van der Waals surface area contributed by atoms with E-state index < -0.39 is 0 Å². The van der Waals surface area contributed by atoms with E-state index in [9.17, 15) is 9.59 Å². The molecule has 19 heavy (non-hydrogen) atoms. The van der Waals surface area contributed by atoms with E-state index in [1.54, 1.807) is 31.3 Å². The van der Waals surface area contributed by atoms with Gasteiger partial charge in [0.15, 0.2) is 0 Å². The molecule has 6 nitrogen and oxygen atoms in total. The van der Waals surface area contributed by atoms with Crippen LogP contribution in [0.2, 0.25) is 0 Å². The summed E-state index contributed by atoms with van der Waals surface area (Å²) in [6.07, 6.45) is 0. The van der Waals surface area contributed by atoms with E-state index in [1.165, 1.54) is 16.2 Å². The van der Waals surface area contributed by atoms with Crippen LogP contribution < -0.4 is 5.69 Å². The molecule has 0 N–H and O–H groups in total. The molecule has 2 aromatic rings. The molecule has 100 valence electrons. The van der Waals surface area contributed by atoms with Gasteiger partial charge in [-0.15, -0.1) is 5.10 Å². The molecule has 7 heteroatoms. The standard InChI is InChI=1S/C12H12BrN3O3/c1-8(17)19-7-9-3-5-10(6-4-9)16-12(18)15(2)11(13)14-16/h3-6H,7H2,1-2H3. The van der Waals surface area contributed by atoms with Crippen molar-refractivity contribution in [1.82, 2.24) is 14.3 Å². The Kier molecular flexibility index (Phi) is 3.84. The first-order chi connectivity index (χ1) is 8.99. The second kappa shape index (κ2) is 5.40. The van der Waals surface area contributed by atoms with Crippen LogP contribution in [0.3, 0.4) is 0 Å². The summed E-state index contributed by atoms with van der Waals surface area (Å²) in [5, 5.41) is 4.08. The van der Waals surface area contributed by atoms with Gasteiger partial charge in [-0.1, -0.05) is 12.1 Å². The van der Waals surface area contributed by atoms with Crippen LogP contribution in [-0.2, 0) is 23.2 Å². The van der Waals surface area contributed by atoms with Crippen LogP contribution in [0.25, 0.3) is 5.69 Å². The van der Waals surface area contributed by atoms with Crippen molar-refractivity contribution in [3.05, 3.63) is 45.0 Å². The van der Waals surface area contributed by atoms with Crippen molar-refractivity contribution in [2.45, 2.75) is 13.5 Å². The lowest BCUT2D eigenvalue weighted by Crippen LogP contribution is -2.21. The molecule has 0 aliphatic rings. The van der Waals surface area contributed by atoms with Crippen molar-refractivity contribution in [2.75, 3.05) is 0 Å². The molecule has 0 saturated heterocycles. The lowest BCUT2D eigenvalue weighted by Gasteiger charge is -2.03. The van der Waals surface area contributed by atoms with Gasteiger partial charge in [0.05, 0.1) is 5.69 Å². The highest BCUT2D eigenvalue weighted by Gasteiger charge is 2.09. The number of rotatable bonds is 3. The normalized spacial score (nSPS) is 10.5. The Morgan fingerprint density at radius 2 is 2.00 bits per heavy atom. The average Bonchev–Trinajstić information content (AvgIpc) is 2.65. The van der Waals surface area contributed by atoms with Gasteiger partial charge < -0.3 is 4.74 Å². The first-order valence-corrected chi connectivity index (χ1v) is 6.32. The third-order valence-corrected chi connectivity index (χ3v) is 3.24. The lowest BCUT2D eigenvalue weighted by molar-refractivity contribution is -0.142. The van der Waals surface area contributed by atoms with E-state index in [4.69, 9.17) is 4.74 Å². The van der Waals surface area contributed by atoms with Gasteiger partial charge in [0.25, 0.3) is 0 Å². The Morgan fingerprint density at radius 3 is 2.47 bits per heavy atom. The molecule has 0 bridgehead atoms. The van der Waals surface area contributed by atoms with Crippen LogP contribution in [0, 0.1) is 0 Å². The van der Waals surface area contributed by atoms with Gasteiger partial charge in [-0.25, -0.2) is 4.79 Å². The zero-order chi connectivity index (χ0) is 14.0. The third-order valence-electron chi connectivity index (χ3n) is 2.55. The molecule has 0 fully saturated rings. The third kappa shape index (κ3) is 2.93. The Bertz CT molecular complexity index is 658. The van der Waals surface area contributed by atoms with Crippen molar-refractivity contribution in [2.24, 2.45) is 7.05 Å². The highest BCUT2D eigenvalue weighted by molar-refractivity contribution is 9.10. The summed E-state index contributed by atoms with van der Waals surface area (Å²) < 4.78 is 8.03. The molecule has 0 unspecified atom stereocenters. The molecule has 0 atom stereocenters. The summed E-state index contributed by atoms with van der Waals surface area (Å²) in [4.78, 5) is 22.6. The SMILES string of the molecule is CC(=O)OCc1ccc(-n2nc(Br)n(C)c2=O)cc1. The molecule has 1 heterocycles. The summed E-state index contributed by atoms with van der Waals surface area (Å²) in [5.74, 6) is -0.325. The number of nitrogens with zero attached hydrogens (tertiary/aromatic N) is 3. The van der Waals surface area contributed by atoms with Gasteiger partial charge in [0.2, 0.25) is 4.73 Å². The molecule has 1 aromatic carbocycles. The van der Waals surface area contributed by atoms with Crippen molar-refractivity contribution < 1.29 is 9.53 Å². The maximum absolute atomic E-state index is 11.9. The van der Waals surface area contributed by atoms with Crippen molar-refractivity contribution in [3.63, 3.8) is 0 Å². The van der Waals surface area contributed by atoms with E-state index in [0.717, 1.165) is 5.56 Å². The quantitative estimate of drug-likeness (QED) is 0.800. The van der Waals surface area contributed by atoms with E-state index in [-0.39, 0.29) is 18.3 Å². The molecule has 0 spiro atoms. The number of hydrogen-bond acceptors (Lipinski definition) is 4. The molecule has 1 aromatic heterocycles. The fourth-order valence-corrected chi connectivity index (χ4v) is 1.81. The highest BCUT2D eigenvalue weighted by Crippen LogP contribution is 2.10. The minimum atomic E-state index is -0.325. The van der Waals surface area contributed by atoms with Crippen LogP contribution in [0.5, 0.6) is 0 Å². The topological polar surface area (TPSA) is 66.1 Å². The summed E-state index contributed by atoms with van der Waals surface area (Å²) >= 11 is 3.19. The maximum Gasteiger partial charge on any atom is 0.351 e. The molecular weight excluding hydrogens is 314 g/mol. The predicted octanol–water partition coefficient (Wildman–Crippen LogP) is 1.40. The molecule has 0 amide bonds. The minimum absolute atomic E-state index is 0.219. The monoisotopic (exact) mass is 325 g/mol.